The number of allylic oxidation sites excluding steroid dienone is 2. The van der Waals surface area contributed by atoms with Gasteiger partial charge < -0.3 is 0 Å². The standard InChI is InChI=1S/C10H18N.C2HN3/c1-3-4-8-11(2)9-6-5-7-10-11;3-1-5-2-4/h5-7,9H,3-4,8,10H2,1-2H3;5H/q+1;. The highest BCUT2D eigenvalue weighted by Crippen LogP contribution is 2.10. The SMILES string of the molecule is CCCC[N+]1(C)C=CC=CC1.N#CNC#N. The topological polar surface area (TPSA) is 59.6 Å². The van der Waals surface area contributed by atoms with Crippen LogP contribution in [0.3, 0.4) is 0 Å². The molecule has 1 N–H and O–H groups in total. The summed E-state index contributed by atoms with van der Waals surface area (Å²) in [4.78, 5) is 0. The zero-order valence-corrected chi connectivity index (χ0v) is 9.98. The Bertz CT molecular complexity index is 307. The minimum atomic E-state index is 1.09. The number of unbranched alkanes of at least 4 members (excludes halogenated alkanes) is 1. The predicted octanol–water partition coefficient (Wildman–Crippen LogP) is 1.85. The molecule has 0 aromatic heterocycles. The Balaban J connectivity index is 0.000000385. The molecule has 0 aliphatic carbocycles. The van der Waals surface area contributed by atoms with Crippen molar-refractivity contribution in [2.45, 2.75) is 19.8 Å². The highest BCUT2D eigenvalue weighted by atomic mass is 15.3. The number of nitrogens with one attached hydrogen (secondary N) is 1. The van der Waals surface area contributed by atoms with Crippen molar-refractivity contribution < 1.29 is 4.48 Å². The largest absolute Gasteiger partial charge is 0.296 e. The van der Waals surface area contributed by atoms with Gasteiger partial charge in [-0.05, 0) is 18.6 Å². The number of rotatable bonds is 3. The molecule has 0 spiro atoms. The van der Waals surface area contributed by atoms with E-state index in [0.29, 0.717) is 0 Å². The number of likely N-dealkylation sites (N-methyl/N-ethyl adjacent to an activating group) is 1. The molecule has 0 saturated heterocycles. The second-order valence-corrected chi connectivity index (χ2v) is 3.86. The van der Waals surface area contributed by atoms with Crippen molar-refractivity contribution >= 4 is 0 Å². The molecule has 1 heterocycles. The van der Waals surface area contributed by atoms with Crippen LogP contribution in [0, 0.1) is 22.9 Å². The Morgan fingerprint density at radius 1 is 1.31 bits per heavy atom. The molecule has 1 aliphatic rings. The zero-order valence-electron chi connectivity index (χ0n) is 9.98. The lowest BCUT2D eigenvalue weighted by molar-refractivity contribution is -0.854. The molecule has 4 heteroatoms. The van der Waals surface area contributed by atoms with E-state index >= 15 is 0 Å². The first-order valence-corrected chi connectivity index (χ1v) is 5.40. The van der Waals surface area contributed by atoms with Gasteiger partial charge in [0.25, 0.3) is 0 Å². The van der Waals surface area contributed by atoms with Crippen LogP contribution in [0.4, 0.5) is 0 Å². The van der Waals surface area contributed by atoms with Crippen LogP contribution >= 0.6 is 0 Å². The average Bonchev–Trinajstić information content (AvgIpc) is 2.29. The van der Waals surface area contributed by atoms with Crippen molar-refractivity contribution in [2.24, 2.45) is 0 Å². The molecule has 1 rings (SSSR count). The second-order valence-electron chi connectivity index (χ2n) is 3.86. The van der Waals surface area contributed by atoms with Gasteiger partial charge in [-0.1, -0.05) is 19.4 Å². The van der Waals surface area contributed by atoms with Gasteiger partial charge in [-0.3, -0.25) is 4.48 Å². The molecule has 16 heavy (non-hydrogen) atoms. The molecule has 0 aromatic rings. The third kappa shape index (κ3) is 6.64. The van der Waals surface area contributed by atoms with E-state index in [2.05, 4.69) is 38.4 Å². The van der Waals surface area contributed by atoms with Gasteiger partial charge in [0, 0.05) is 0 Å². The van der Waals surface area contributed by atoms with Crippen molar-refractivity contribution in [3.63, 3.8) is 0 Å². The molecule has 4 nitrogen and oxygen atoms in total. The van der Waals surface area contributed by atoms with Crippen LogP contribution in [0.2, 0.25) is 0 Å². The molecular weight excluding hydrogens is 200 g/mol. The highest BCUT2D eigenvalue weighted by molar-refractivity contribution is 5.03. The van der Waals surface area contributed by atoms with Crippen molar-refractivity contribution in [1.29, 1.82) is 10.5 Å². The molecule has 0 bridgehead atoms. The number of nitrogens with zero attached hydrogens (tertiary/aromatic N) is 3. The fourth-order valence-corrected chi connectivity index (χ4v) is 1.41. The van der Waals surface area contributed by atoms with E-state index in [1.165, 1.54) is 31.8 Å². The predicted molar refractivity (Wildman–Crippen MR) is 63.5 cm³/mol. The van der Waals surface area contributed by atoms with Crippen molar-refractivity contribution in [1.82, 2.24) is 5.32 Å². The van der Waals surface area contributed by atoms with Crippen LogP contribution in [0.1, 0.15) is 19.8 Å². The Kier molecular flexibility index (Phi) is 7.57. The summed E-state index contributed by atoms with van der Waals surface area (Å²) in [5.41, 5.74) is 0. The highest BCUT2D eigenvalue weighted by Gasteiger charge is 2.16. The lowest BCUT2D eigenvalue weighted by atomic mass is 10.2. The zero-order chi connectivity index (χ0) is 12.3. The third-order valence-electron chi connectivity index (χ3n) is 2.35. The summed E-state index contributed by atoms with van der Waals surface area (Å²) in [6.07, 6.45) is 14.3. The third-order valence-corrected chi connectivity index (χ3v) is 2.35. The van der Waals surface area contributed by atoms with Gasteiger partial charge in [0.05, 0.1) is 19.8 Å². The first-order valence-electron chi connectivity index (χ1n) is 5.40. The first kappa shape index (κ1) is 14.2. The Labute approximate surface area is 97.7 Å². The summed E-state index contributed by atoms with van der Waals surface area (Å²) < 4.78 is 1.09. The first-order chi connectivity index (χ1) is 7.68. The maximum atomic E-state index is 7.48. The summed E-state index contributed by atoms with van der Waals surface area (Å²) in [5.74, 6) is 0. The monoisotopic (exact) mass is 219 g/mol. The van der Waals surface area contributed by atoms with Gasteiger partial charge in [-0.25, -0.2) is 5.32 Å². The van der Waals surface area contributed by atoms with E-state index < -0.39 is 0 Å². The summed E-state index contributed by atoms with van der Waals surface area (Å²) >= 11 is 0. The molecule has 1 aliphatic heterocycles. The van der Waals surface area contributed by atoms with E-state index in [1.54, 1.807) is 5.32 Å². The lowest BCUT2D eigenvalue weighted by Crippen LogP contribution is -2.40. The van der Waals surface area contributed by atoms with Gasteiger partial charge in [0.15, 0.2) is 12.4 Å². The van der Waals surface area contributed by atoms with Crippen LogP contribution in [-0.4, -0.2) is 24.6 Å². The fraction of sp³-hybridized carbons (Fsp3) is 0.500. The van der Waals surface area contributed by atoms with E-state index in [4.69, 9.17) is 10.5 Å². The summed E-state index contributed by atoms with van der Waals surface area (Å²) in [5, 5.41) is 16.7. The second kappa shape index (κ2) is 8.52. The van der Waals surface area contributed by atoms with Crippen LogP contribution in [0.5, 0.6) is 0 Å². The van der Waals surface area contributed by atoms with Gasteiger partial charge in [-0.15, -0.1) is 0 Å². The van der Waals surface area contributed by atoms with E-state index in [0.717, 1.165) is 11.0 Å². The van der Waals surface area contributed by atoms with Crippen molar-refractivity contribution in [2.75, 3.05) is 20.1 Å². The number of hydrogen-bond acceptors (Lipinski definition) is 3. The molecule has 1 atom stereocenters. The van der Waals surface area contributed by atoms with E-state index in [1.807, 2.05) is 0 Å². The lowest BCUT2D eigenvalue weighted by Gasteiger charge is -2.30. The van der Waals surface area contributed by atoms with Crippen molar-refractivity contribution in [3.05, 3.63) is 24.4 Å². The van der Waals surface area contributed by atoms with Gasteiger partial charge >= 0.3 is 0 Å². The minimum Gasteiger partial charge on any atom is -0.296 e. The Morgan fingerprint density at radius 2 is 2.00 bits per heavy atom. The number of quaternary nitrogens is 1. The van der Waals surface area contributed by atoms with Gasteiger partial charge in [0.1, 0.15) is 6.54 Å². The summed E-state index contributed by atoms with van der Waals surface area (Å²) in [6, 6.07) is 0. The smallest absolute Gasteiger partial charge is 0.190 e. The molecule has 0 amide bonds. The molecule has 0 fully saturated rings. The Morgan fingerprint density at radius 3 is 2.38 bits per heavy atom. The molecule has 0 saturated carbocycles. The van der Waals surface area contributed by atoms with Crippen LogP contribution in [0.25, 0.3) is 0 Å². The average molecular weight is 219 g/mol. The molecule has 0 radical (unpaired) electrons. The molecule has 0 aromatic carbocycles. The maximum Gasteiger partial charge on any atom is 0.190 e. The van der Waals surface area contributed by atoms with Crippen molar-refractivity contribution in [3.8, 4) is 12.4 Å². The molecule has 1 unspecified atom stereocenters. The van der Waals surface area contributed by atoms with Crippen LogP contribution in [0.15, 0.2) is 24.4 Å². The van der Waals surface area contributed by atoms with Gasteiger partial charge in [0.2, 0.25) is 0 Å². The Hall–Kier alpha value is -1.78. The summed E-state index contributed by atoms with van der Waals surface area (Å²) in [7, 11) is 2.29. The molecule has 86 valence electrons. The maximum absolute atomic E-state index is 7.48. The van der Waals surface area contributed by atoms with E-state index in [-0.39, 0.29) is 0 Å². The number of nitriles is 2. The molecular formula is C12H19N4+. The van der Waals surface area contributed by atoms with E-state index in [9.17, 15) is 0 Å². The van der Waals surface area contributed by atoms with Gasteiger partial charge in [-0.2, -0.15) is 10.5 Å². The number of hydrogen-bond donors (Lipinski definition) is 1. The van der Waals surface area contributed by atoms with Crippen LogP contribution < -0.4 is 5.32 Å². The normalized spacial score (nSPS) is 21.2. The summed E-state index contributed by atoms with van der Waals surface area (Å²) in [6.45, 7) is 4.68. The van der Waals surface area contributed by atoms with Crippen LogP contribution in [-0.2, 0) is 0 Å². The fourth-order valence-electron chi connectivity index (χ4n) is 1.41. The minimum absolute atomic E-state index is 1.09. The quantitative estimate of drug-likeness (QED) is 0.447.